The van der Waals surface area contributed by atoms with Crippen LogP contribution in [0.15, 0.2) is 88.8 Å². The van der Waals surface area contributed by atoms with Gasteiger partial charge < -0.3 is 5.32 Å². The van der Waals surface area contributed by atoms with Crippen LogP contribution >= 0.6 is 11.8 Å². The smallest absolute Gasteiger partial charge is 0.263 e. The van der Waals surface area contributed by atoms with Crippen molar-refractivity contribution in [3.8, 4) is 0 Å². The van der Waals surface area contributed by atoms with Crippen LogP contribution in [0.5, 0.6) is 0 Å². The van der Waals surface area contributed by atoms with E-state index in [0.29, 0.717) is 46.1 Å². The first-order valence-corrected chi connectivity index (χ1v) is 12.5. The minimum Gasteiger partial charge on any atom is -0.326 e. The number of fused-ring (bicyclic) bond motifs is 3. The Morgan fingerprint density at radius 3 is 2.39 bits per heavy atom. The standard InChI is InChI=1S/C27H23N5O3S/c1-2-24(34)28-20-14-12-19(13-15-20)23(33)17-36-27-30-29-26-31(16-18-8-4-3-5-9-18)25(35)21-10-6-7-11-22(21)32(26)27/h3-15H,2,16-17H2,1H3,(H,28,34). The number of Topliss-reactive ketones (excluding diaryl/α,β-unsaturated/α-hetero) is 1. The largest absolute Gasteiger partial charge is 0.326 e. The molecule has 1 amide bonds. The van der Waals surface area contributed by atoms with Gasteiger partial charge in [0.25, 0.3) is 5.56 Å². The molecule has 2 heterocycles. The van der Waals surface area contributed by atoms with E-state index in [4.69, 9.17) is 0 Å². The summed E-state index contributed by atoms with van der Waals surface area (Å²) in [6, 6.07) is 23.9. The van der Waals surface area contributed by atoms with Crippen LogP contribution in [-0.4, -0.2) is 36.6 Å². The number of carbonyl (C=O) groups is 2. The summed E-state index contributed by atoms with van der Waals surface area (Å²) in [6.45, 7) is 2.14. The summed E-state index contributed by atoms with van der Waals surface area (Å²) in [4.78, 5) is 37.7. The molecule has 0 unspecified atom stereocenters. The molecule has 3 aromatic carbocycles. The fourth-order valence-corrected chi connectivity index (χ4v) is 4.77. The van der Waals surface area contributed by atoms with Crippen LogP contribution < -0.4 is 10.9 Å². The third kappa shape index (κ3) is 4.65. The second-order valence-electron chi connectivity index (χ2n) is 8.20. The van der Waals surface area contributed by atoms with Gasteiger partial charge in [0.1, 0.15) is 0 Å². The molecular formula is C27H23N5O3S. The fourth-order valence-electron chi connectivity index (χ4n) is 3.94. The molecule has 0 aliphatic heterocycles. The van der Waals surface area contributed by atoms with E-state index in [-0.39, 0.29) is 23.0 Å². The minimum atomic E-state index is -0.141. The monoisotopic (exact) mass is 497 g/mol. The zero-order chi connectivity index (χ0) is 25.1. The maximum atomic E-state index is 13.3. The van der Waals surface area contributed by atoms with E-state index < -0.39 is 0 Å². The molecule has 36 heavy (non-hydrogen) atoms. The number of amides is 1. The van der Waals surface area contributed by atoms with Gasteiger partial charge in [-0.3, -0.25) is 23.4 Å². The number of para-hydroxylation sites is 1. The van der Waals surface area contributed by atoms with Crippen molar-refractivity contribution >= 4 is 45.8 Å². The molecule has 0 atom stereocenters. The molecule has 5 rings (SSSR count). The summed E-state index contributed by atoms with van der Waals surface area (Å²) in [5.74, 6) is 0.412. The molecule has 1 N–H and O–H groups in total. The number of hydrogen-bond acceptors (Lipinski definition) is 6. The predicted molar refractivity (Wildman–Crippen MR) is 141 cm³/mol. The number of aromatic nitrogens is 4. The molecule has 0 saturated heterocycles. The lowest BCUT2D eigenvalue weighted by atomic mass is 10.1. The zero-order valence-corrected chi connectivity index (χ0v) is 20.4. The van der Waals surface area contributed by atoms with Gasteiger partial charge in [0.05, 0.1) is 23.2 Å². The number of rotatable bonds is 8. The lowest BCUT2D eigenvalue weighted by molar-refractivity contribution is -0.115. The van der Waals surface area contributed by atoms with E-state index >= 15 is 0 Å². The van der Waals surface area contributed by atoms with Crippen LogP contribution in [0.4, 0.5) is 5.69 Å². The summed E-state index contributed by atoms with van der Waals surface area (Å²) in [6.07, 6.45) is 0.386. The molecular weight excluding hydrogens is 474 g/mol. The van der Waals surface area contributed by atoms with Gasteiger partial charge in [-0.25, -0.2) is 0 Å². The summed E-state index contributed by atoms with van der Waals surface area (Å²) in [5, 5.41) is 12.5. The molecule has 0 saturated carbocycles. The van der Waals surface area contributed by atoms with Gasteiger partial charge in [0.15, 0.2) is 10.9 Å². The maximum Gasteiger partial charge on any atom is 0.263 e. The Labute approximate surface area is 211 Å². The second-order valence-corrected chi connectivity index (χ2v) is 9.15. The van der Waals surface area contributed by atoms with Gasteiger partial charge in [0, 0.05) is 17.7 Å². The molecule has 180 valence electrons. The SMILES string of the molecule is CCC(=O)Nc1ccc(C(=O)CSc2nnc3n(Cc4ccccc4)c(=O)c4ccccc4n23)cc1. The Hall–Kier alpha value is -4.24. The van der Waals surface area contributed by atoms with E-state index in [0.717, 1.165) is 5.56 Å². The summed E-state index contributed by atoms with van der Waals surface area (Å²) in [7, 11) is 0. The van der Waals surface area contributed by atoms with Crippen LogP contribution in [0, 0.1) is 0 Å². The average molecular weight is 498 g/mol. The lowest BCUT2D eigenvalue weighted by Crippen LogP contribution is -2.24. The summed E-state index contributed by atoms with van der Waals surface area (Å²) < 4.78 is 3.45. The third-order valence-electron chi connectivity index (χ3n) is 5.81. The molecule has 8 nitrogen and oxygen atoms in total. The Morgan fingerprint density at radius 2 is 1.64 bits per heavy atom. The van der Waals surface area contributed by atoms with Crippen molar-refractivity contribution in [3.05, 3.63) is 100 Å². The molecule has 0 radical (unpaired) electrons. The molecule has 0 aliphatic rings. The first-order chi connectivity index (χ1) is 17.5. The van der Waals surface area contributed by atoms with Gasteiger partial charge in [-0.05, 0) is 42.0 Å². The molecule has 2 aromatic heterocycles. The van der Waals surface area contributed by atoms with Gasteiger partial charge >= 0.3 is 0 Å². The number of benzene rings is 3. The van der Waals surface area contributed by atoms with Crippen molar-refractivity contribution in [1.29, 1.82) is 0 Å². The normalized spacial score (nSPS) is 11.1. The van der Waals surface area contributed by atoms with E-state index in [2.05, 4.69) is 15.5 Å². The van der Waals surface area contributed by atoms with Gasteiger partial charge in [-0.1, -0.05) is 61.2 Å². The van der Waals surface area contributed by atoms with E-state index in [1.165, 1.54) is 11.8 Å². The highest BCUT2D eigenvalue weighted by molar-refractivity contribution is 7.99. The van der Waals surface area contributed by atoms with Crippen LogP contribution in [0.2, 0.25) is 0 Å². The zero-order valence-electron chi connectivity index (χ0n) is 19.5. The van der Waals surface area contributed by atoms with Crippen molar-refractivity contribution in [1.82, 2.24) is 19.2 Å². The number of nitrogens with one attached hydrogen (secondary N) is 1. The van der Waals surface area contributed by atoms with Crippen molar-refractivity contribution in [2.24, 2.45) is 0 Å². The van der Waals surface area contributed by atoms with Gasteiger partial charge in [0.2, 0.25) is 11.7 Å². The Kier molecular flexibility index (Phi) is 6.64. The van der Waals surface area contributed by atoms with Crippen LogP contribution in [0.3, 0.4) is 0 Å². The highest BCUT2D eigenvalue weighted by Crippen LogP contribution is 2.23. The van der Waals surface area contributed by atoms with Crippen molar-refractivity contribution < 1.29 is 9.59 Å². The number of carbonyl (C=O) groups excluding carboxylic acids is 2. The van der Waals surface area contributed by atoms with E-state index in [9.17, 15) is 14.4 Å². The highest BCUT2D eigenvalue weighted by Gasteiger charge is 2.18. The summed E-state index contributed by atoms with van der Waals surface area (Å²) >= 11 is 1.27. The molecule has 9 heteroatoms. The Morgan fingerprint density at radius 1 is 0.917 bits per heavy atom. The third-order valence-corrected chi connectivity index (χ3v) is 6.73. The average Bonchev–Trinajstić information content (AvgIpc) is 3.34. The number of hydrogen-bond donors (Lipinski definition) is 1. The topological polar surface area (TPSA) is 98.4 Å². The Balaban J connectivity index is 1.45. The summed E-state index contributed by atoms with van der Waals surface area (Å²) in [5.41, 5.74) is 2.71. The van der Waals surface area contributed by atoms with Gasteiger partial charge in [-0.2, -0.15) is 0 Å². The van der Waals surface area contributed by atoms with Gasteiger partial charge in [-0.15, -0.1) is 10.2 Å². The number of nitrogens with zero attached hydrogens (tertiary/aromatic N) is 4. The molecule has 0 spiro atoms. The highest BCUT2D eigenvalue weighted by atomic mass is 32.2. The first kappa shape index (κ1) is 23.5. The van der Waals surface area contributed by atoms with Crippen LogP contribution in [0.25, 0.3) is 16.7 Å². The van der Waals surface area contributed by atoms with E-state index in [1.54, 1.807) is 41.8 Å². The van der Waals surface area contributed by atoms with Crippen molar-refractivity contribution in [2.45, 2.75) is 25.0 Å². The Bertz CT molecular complexity index is 1630. The fraction of sp³-hybridized carbons (Fsp3) is 0.148. The quantitative estimate of drug-likeness (QED) is 0.252. The second kappa shape index (κ2) is 10.2. The van der Waals surface area contributed by atoms with Crippen molar-refractivity contribution in [3.63, 3.8) is 0 Å². The molecule has 0 fully saturated rings. The number of thioether (sulfide) groups is 1. The van der Waals surface area contributed by atoms with Crippen LogP contribution in [0.1, 0.15) is 29.3 Å². The van der Waals surface area contributed by atoms with Crippen molar-refractivity contribution in [2.75, 3.05) is 11.1 Å². The number of anilines is 1. The predicted octanol–water partition coefficient (Wildman–Crippen LogP) is 4.42. The first-order valence-electron chi connectivity index (χ1n) is 11.5. The van der Waals surface area contributed by atoms with E-state index in [1.807, 2.05) is 52.9 Å². The molecule has 0 bridgehead atoms. The maximum absolute atomic E-state index is 13.3. The minimum absolute atomic E-state index is 0.0768. The lowest BCUT2D eigenvalue weighted by Gasteiger charge is -2.11. The molecule has 0 aliphatic carbocycles. The van der Waals surface area contributed by atoms with Crippen LogP contribution in [-0.2, 0) is 11.3 Å². The number of ketones is 1. The molecule has 5 aromatic rings.